The van der Waals surface area contributed by atoms with Gasteiger partial charge in [-0.3, -0.25) is 0 Å². The minimum absolute atomic E-state index is 0. The van der Waals surface area contributed by atoms with Gasteiger partial charge in [-0.05, 0) is 44.1 Å². The van der Waals surface area contributed by atoms with E-state index in [2.05, 4.69) is 12.2 Å². The quantitative estimate of drug-likeness (QED) is 0.618. The second-order valence-electron chi connectivity index (χ2n) is 4.38. The number of nitrogens with one attached hydrogen (secondary N) is 1. The van der Waals surface area contributed by atoms with E-state index in [1.54, 1.807) is 0 Å². The molecule has 0 amide bonds. The summed E-state index contributed by atoms with van der Waals surface area (Å²) in [5, 5.41) is 3.65. The van der Waals surface area contributed by atoms with E-state index in [0.29, 0.717) is 0 Å². The Labute approximate surface area is 81.7 Å². The SMILES string of the molecule is CC1CCC2CCCNC2C1.Cl. The molecule has 0 aromatic carbocycles. The van der Waals surface area contributed by atoms with Crippen molar-refractivity contribution in [3.63, 3.8) is 0 Å². The van der Waals surface area contributed by atoms with Crippen LogP contribution in [0.1, 0.15) is 39.0 Å². The van der Waals surface area contributed by atoms with Crippen LogP contribution in [0.4, 0.5) is 0 Å². The summed E-state index contributed by atoms with van der Waals surface area (Å²) >= 11 is 0. The average Bonchev–Trinajstić information content (AvgIpc) is 2.04. The van der Waals surface area contributed by atoms with Crippen molar-refractivity contribution in [3.8, 4) is 0 Å². The van der Waals surface area contributed by atoms with Crippen LogP contribution in [0.15, 0.2) is 0 Å². The van der Waals surface area contributed by atoms with E-state index in [-0.39, 0.29) is 12.4 Å². The van der Waals surface area contributed by atoms with Gasteiger partial charge in [-0.25, -0.2) is 0 Å². The van der Waals surface area contributed by atoms with E-state index in [0.717, 1.165) is 17.9 Å². The zero-order valence-corrected chi connectivity index (χ0v) is 8.70. The lowest BCUT2D eigenvalue weighted by molar-refractivity contribution is 0.175. The van der Waals surface area contributed by atoms with Crippen LogP contribution in [0.3, 0.4) is 0 Å². The Kier molecular flexibility index (Phi) is 3.85. The molecule has 1 aliphatic heterocycles. The van der Waals surface area contributed by atoms with E-state index < -0.39 is 0 Å². The molecule has 0 aromatic heterocycles. The van der Waals surface area contributed by atoms with E-state index in [9.17, 15) is 0 Å². The van der Waals surface area contributed by atoms with Crippen LogP contribution in [0.25, 0.3) is 0 Å². The molecular formula is C10H20ClN. The normalized spacial score (nSPS) is 41.2. The van der Waals surface area contributed by atoms with E-state index in [4.69, 9.17) is 0 Å². The predicted molar refractivity (Wildman–Crippen MR) is 54.8 cm³/mol. The second-order valence-corrected chi connectivity index (χ2v) is 4.38. The van der Waals surface area contributed by atoms with Gasteiger partial charge in [0.1, 0.15) is 0 Å². The van der Waals surface area contributed by atoms with Crippen LogP contribution in [-0.2, 0) is 0 Å². The molecule has 1 N–H and O–H groups in total. The minimum atomic E-state index is 0. The number of piperidine rings is 1. The molecule has 12 heavy (non-hydrogen) atoms. The van der Waals surface area contributed by atoms with Crippen molar-refractivity contribution in [1.82, 2.24) is 5.32 Å². The molecule has 2 aliphatic rings. The fourth-order valence-electron chi connectivity index (χ4n) is 2.69. The molecule has 1 aliphatic carbocycles. The Morgan fingerprint density at radius 3 is 2.83 bits per heavy atom. The molecule has 0 aromatic rings. The number of fused-ring (bicyclic) bond motifs is 1. The summed E-state index contributed by atoms with van der Waals surface area (Å²) in [6, 6.07) is 0.882. The molecule has 2 heteroatoms. The first-order chi connectivity index (χ1) is 5.36. The third-order valence-electron chi connectivity index (χ3n) is 3.41. The van der Waals surface area contributed by atoms with E-state index >= 15 is 0 Å². The summed E-state index contributed by atoms with van der Waals surface area (Å²) in [5.74, 6) is 2.00. The van der Waals surface area contributed by atoms with E-state index in [1.165, 1.54) is 38.6 Å². The Hall–Kier alpha value is 0.250. The average molecular weight is 190 g/mol. The smallest absolute Gasteiger partial charge is 0.00978 e. The summed E-state index contributed by atoms with van der Waals surface area (Å²) < 4.78 is 0. The molecule has 1 nitrogen and oxygen atoms in total. The topological polar surface area (TPSA) is 12.0 Å². The molecule has 0 radical (unpaired) electrons. The summed E-state index contributed by atoms with van der Waals surface area (Å²) in [6.07, 6.45) is 7.30. The number of halogens is 1. The van der Waals surface area contributed by atoms with Crippen molar-refractivity contribution >= 4 is 12.4 Å². The fraction of sp³-hybridized carbons (Fsp3) is 1.00. The van der Waals surface area contributed by atoms with Crippen molar-refractivity contribution < 1.29 is 0 Å². The zero-order valence-electron chi connectivity index (χ0n) is 7.88. The van der Waals surface area contributed by atoms with Crippen LogP contribution in [0.5, 0.6) is 0 Å². The van der Waals surface area contributed by atoms with Gasteiger partial charge in [0, 0.05) is 6.04 Å². The number of rotatable bonds is 0. The van der Waals surface area contributed by atoms with Gasteiger partial charge in [-0.1, -0.05) is 13.3 Å². The number of hydrogen-bond donors (Lipinski definition) is 1. The lowest BCUT2D eigenvalue weighted by atomic mass is 9.75. The van der Waals surface area contributed by atoms with Crippen LogP contribution in [0.2, 0.25) is 0 Å². The second kappa shape index (κ2) is 4.48. The van der Waals surface area contributed by atoms with Crippen LogP contribution >= 0.6 is 12.4 Å². The van der Waals surface area contributed by atoms with Crippen LogP contribution < -0.4 is 5.32 Å². The van der Waals surface area contributed by atoms with E-state index in [1.807, 2.05) is 0 Å². The standard InChI is InChI=1S/C10H19N.ClH/c1-8-4-5-9-3-2-6-11-10(9)7-8;/h8-11H,2-7H2,1H3;1H. The first-order valence-corrected chi connectivity index (χ1v) is 5.09. The maximum absolute atomic E-state index is 3.65. The van der Waals surface area contributed by atoms with Crippen molar-refractivity contribution in [2.45, 2.75) is 45.1 Å². The molecule has 2 rings (SSSR count). The maximum Gasteiger partial charge on any atom is 0.00978 e. The van der Waals surface area contributed by atoms with Gasteiger partial charge in [-0.2, -0.15) is 0 Å². The highest BCUT2D eigenvalue weighted by molar-refractivity contribution is 5.85. The van der Waals surface area contributed by atoms with Gasteiger partial charge >= 0.3 is 0 Å². The van der Waals surface area contributed by atoms with Gasteiger partial charge in [-0.15, -0.1) is 12.4 Å². The summed E-state index contributed by atoms with van der Waals surface area (Å²) in [5.41, 5.74) is 0. The Morgan fingerprint density at radius 1 is 1.17 bits per heavy atom. The number of hydrogen-bond acceptors (Lipinski definition) is 1. The van der Waals surface area contributed by atoms with Crippen LogP contribution in [-0.4, -0.2) is 12.6 Å². The highest BCUT2D eigenvalue weighted by atomic mass is 35.5. The highest BCUT2D eigenvalue weighted by Crippen LogP contribution is 2.33. The minimum Gasteiger partial charge on any atom is -0.314 e. The molecule has 1 saturated carbocycles. The third-order valence-corrected chi connectivity index (χ3v) is 3.41. The molecule has 72 valence electrons. The lowest BCUT2D eigenvalue weighted by Gasteiger charge is -2.38. The van der Waals surface area contributed by atoms with Crippen molar-refractivity contribution in [1.29, 1.82) is 0 Å². The van der Waals surface area contributed by atoms with Crippen molar-refractivity contribution in [2.24, 2.45) is 11.8 Å². The summed E-state index contributed by atoms with van der Waals surface area (Å²) in [6.45, 7) is 3.67. The molecular weight excluding hydrogens is 170 g/mol. The molecule has 3 atom stereocenters. The van der Waals surface area contributed by atoms with Gasteiger partial charge < -0.3 is 5.32 Å². The van der Waals surface area contributed by atoms with Gasteiger partial charge in [0.2, 0.25) is 0 Å². The Bertz CT molecular complexity index is 138. The fourth-order valence-corrected chi connectivity index (χ4v) is 2.69. The maximum atomic E-state index is 3.65. The zero-order chi connectivity index (χ0) is 7.68. The van der Waals surface area contributed by atoms with Gasteiger partial charge in [0.05, 0.1) is 0 Å². The van der Waals surface area contributed by atoms with Crippen LogP contribution in [0, 0.1) is 11.8 Å². The summed E-state index contributed by atoms with van der Waals surface area (Å²) in [4.78, 5) is 0. The molecule has 0 bridgehead atoms. The van der Waals surface area contributed by atoms with Crippen molar-refractivity contribution in [2.75, 3.05) is 6.54 Å². The third kappa shape index (κ3) is 2.14. The van der Waals surface area contributed by atoms with Gasteiger partial charge in [0.25, 0.3) is 0 Å². The first-order valence-electron chi connectivity index (χ1n) is 5.09. The predicted octanol–water partition coefficient (Wildman–Crippen LogP) is 2.60. The monoisotopic (exact) mass is 189 g/mol. The van der Waals surface area contributed by atoms with Crippen molar-refractivity contribution in [3.05, 3.63) is 0 Å². The first kappa shape index (κ1) is 10.3. The molecule has 2 fully saturated rings. The molecule has 1 heterocycles. The Balaban J connectivity index is 0.000000720. The summed E-state index contributed by atoms with van der Waals surface area (Å²) in [7, 11) is 0. The lowest BCUT2D eigenvalue weighted by Crippen LogP contribution is -2.44. The molecule has 0 spiro atoms. The molecule has 3 unspecified atom stereocenters. The highest BCUT2D eigenvalue weighted by Gasteiger charge is 2.29. The molecule has 1 saturated heterocycles. The largest absolute Gasteiger partial charge is 0.314 e. The Morgan fingerprint density at radius 2 is 2.00 bits per heavy atom. The van der Waals surface area contributed by atoms with Gasteiger partial charge in [0.15, 0.2) is 0 Å².